The molecule has 1 aromatic carbocycles. The second-order valence-electron chi connectivity index (χ2n) is 6.67. The van der Waals surface area contributed by atoms with Crippen LogP contribution in [0.15, 0.2) is 29.2 Å². The van der Waals surface area contributed by atoms with E-state index in [-0.39, 0.29) is 12.4 Å². The Morgan fingerprint density at radius 2 is 2.18 bits per heavy atom. The molecule has 0 unspecified atom stereocenters. The minimum Gasteiger partial charge on any atom is -0.493 e. The highest BCUT2D eigenvalue weighted by Crippen LogP contribution is 2.32. The van der Waals surface area contributed by atoms with Gasteiger partial charge in [0.05, 0.1) is 23.4 Å². The average Bonchev–Trinajstić information content (AvgIpc) is 3.42. The standard InChI is InChI=1S/C19H17FN6O2/c1-10-17(11(2)28-25-10)14-8-22-19(26-9-23-24-18(14)26)21-7-13-12-5-6-27-16(12)4-3-15(13)20/h3-4,8-9H,5-7H2,1-2H3,(H,21,22). The second kappa shape index (κ2) is 6.29. The molecule has 4 aromatic rings. The van der Waals surface area contributed by atoms with Crippen LogP contribution in [0.25, 0.3) is 16.8 Å². The summed E-state index contributed by atoms with van der Waals surface area (Å²) in [4.78, 5) is 4.50. The lowest BCUT2D eigenvalue weighted by Crippen LogP contribution is -2.09. The van der Waals surface area contributed by atoms with Gasteiger partial charge in [0.15, 0.2) is 5.65 Å². The van der Waals surface area contributed by atoms with Crippen LogP contribution in [0.5, 0.6) is 5.75 Å². The Bertz CT molecular complexity index is 1180. The lowest BCUT2D eigenvalue weighted by atomic mass is 10.0. The molecule has 1 aliphatic heterocycles. The first-order valence-corrected chi connectivity index (χ1v) is 8.92. The number of nitrogens with one attached hydrogen (secondary N) is 1. The molecule has 0 saturated carbocycles. The molecule has 0 atom stereocenters. The molecule has 0 bridgehead atoms. The van der Waals surface area contributed by atoms with Crippen molar-refractivity contribution in [2.75, 3.05) is 11.9 Å². The molecule has 8 nitrogen and oxygen atoms in total. The number of nitrogens with zero attached hydrogens (tertiary/aromatic N) is 5. The zero-order chi connectivity index (χ0) is 19.3. The fourth-order valence-corrected chi connectivity index (χ4v) is 3.67. The normalized spacial score (nSPS) is 13.0. The molecule has 0 radical (unpaired) electrons. The molecule has 0 saturated heterocycles. The highest BCUT2D eigenvalue weighted by Gasteiger charge is 2.21. The van der Waals surface area contributed by atoms with Gasteiger partial charge in [0, 0.05) is 30.3 Å². The molecule has 3 aromatic heterocycles. The van der Waals surface area contributed by atoms with E-state index in [1.165, 1.54) is 6.07 Å². The molecule has 0 spiro atoms. The SMILES string of the molecule is Cc1noc(C)c1-c1cnc(NCc2c(F)ccc3c2CCO3)n2cnnc12. The van der Waals surface area contributed by atoms with Gasteiger partial charge in [0.25, 0.3) is 0 Å². The van der Waals surface area contributed by atoms with E-state index in [2.05, 4.69) is 25.7 Å². The number of aromatic nitrogens is 5. The first kappa shape index (κ1) is 16.7. The van der Waals surface area contributed by atoms with E-state index in [4.69, 9.17) is 9.26 Å². The van der Waals surface area contributed by atoms with Gasteiger partial charge in [-0.2, -0.15) is 0 Å². The maximum atomic E-state index is 14.4. The lowest BCUT2D eigenvalue weighted by Gasteiger charge is -2.12. The predicted octanol–water partition coefficient (Wildman–Crippen LogP) is 3.08. The quantitative estimate of drug-likeness (QED) is 0.582. The van der Waals surface area contributed by atoms with Crippen molar-refractivity contribution >= 4 is 11.6 Å². The van der Waals surface area contributed by atoms with E-state index in [0.29, 0.717) is 35.9 Å². The van der Waals surface area contributed by atoms with Crippen molar-refractivity contribution < 1.29 is 13.7 Å². The molecule has 0 fully saturated rings. The largest absolute Gasteiger partial charge is 0.493 e. The molecular weight excluding hydrogens is 363 g/mol. The third-order valence-corrected chi connectivity index (χ3v) is 5.00. The number of anilines is 1. The van der Waals surface area contributed by atoms with Crippen LogP contribution in [0.3, 0.4) is 0 Å². The van der Waals surface area contributed by atoms with Crippen molar-refractivity contribution in [1.82, 2.24) is 24.7 Å². The third kappa shape index (κ3) is 2.50. The maximum Gasteiger partial charge on any atom is 0.210 e. The summed E-state index contributed by atoms with van der Waals surface area (Å²) in [6, 6.07) is 3.11. The predicted molar refractivity (Wildman–Crippen MR) is 98.7 cm³/mol. The number of rotatable bonds is 4. The first-order chi connectivity index (χ1) is 13.6. The maximum absolute atomic E-state index is 14.4. The van der Waals surface area contributed by atoms with Crippen molar-refractivity contribution in [3.05, 3.63) is 53.1 Å². The molecule has 1 N–H and O–H groups in total. The molecule has 142 valence electrons. The van der Waals surface area contributed by atoms with E-state index < -0.39 is 0 Å². The Balaban J connectivity index is 1.52. The smallest absolute Gasteiger partial charge is 0.210 e. The number of hydrogen-bond acceptors (Lipinski definition) is 7. The fraction of sp³-hybridized carbons (Fsp3) is 0.263. The number of fused-ring (bicyclic) bond motifs is 2. The third-order valence-electron chi connectivity index (χ3n) is 5.00. The minimum atomic E-state index is -0.260. The Labute approximate surface area is 159 Å². The number of ether oxygens (including phenoxy) is 1. The van der Waals surface area contributed by atoms with Gasteiger partial charge < -0.3 is 14.6 Å². The number of hydrogen-bond donors (Lipinski definition) is 1. The summed E-state index contributed by atoms with van der Waals surface area (Å²) in [5.41, 5.74) is 4.49. The van der Waals surface area contributed by atoms with E-state index >= 15 is 0 Å². The number of benzene rings is 1. The van der Waals surface area contributed by atoms with Crippen LogP contribution >= 0.6 is 0 Å². The summed E-state index contributed by atoms with van der Waals surface area (Å²) in [5.74, 6) is 1.69. The summed E-state index contributed by atoms with van der Waals surface area (Å²) in [6.07, 6.45) is 3.97. The second-order valence-corrected chi connectivity index (χ2v) is 6.67. The summed E-state index contributed by atoms with van der Waals surface area (Å²) in [6.45, 7) is 4.57. The van der Waals surface area contributed by atoms with E-state index in [0.717, 1.165) is 28.1 Å². The minimum absolute atomic E-state index is 0.260. The van der Waals surface area contributed by atoms with Gasteiger partial charge in [-0.25, -0.2) is 9.37 Å². The van der Waals surface area contributed by atoms with Crippen molar-refractivity contribution in [2.45, 2.75) is 26.8 Å². The monoisotopic (exact) mass is 380 g/mol. The average molecular weight is 380 g/mol. The van der Waals surface area contributed by atoms with Crippen molar-refractivity contribution in [2.24, 2.45) is 0 Å². The van der Waals surface area contributed by atoms with Crippen LogP contribution in [0.4, 0.5) is 10.3 Å². The number of aryl methyl sites for hydroxylation is 2. The fourth-order valence-electron chi connectivity index (χ4n) is 3.67. The Hall–Kier alpha value is -3.49. The van der Waals surface area contributed by atoms with Gasteiger partial charge in [-0.15, -0.1) is 10.2 Å². The van der Waals surface area contributed by atoms with Crippen molar-refractivity contribution in [1.29, 1.82) is 0 Å². The molecule has 4 heterocycles. The van der Waals surface area contributed by atoms with Gasteiger partial charge in [-0.3, -0.25) is 4.40 Å². The molecule has 9 heteroatoms. The van der Waals surface area contributed by atoms with Crippen LogP contribution in [0.1, 0.15) is 22.6 Å². The van der Waals surface area contributed by atoms with Crippen LogP contribution < -0.4 is 10.1 Å². The number of halogens is 1. The van der Waals surface area contributed by atoms with E-state index in [1.807, 2.05) is 13.8 Å². The van der Waals surface area contributed by atoms with E-state index in [9.17, 15) is 4.39 Å². The zero-order valence-electron chi connectivity index (χ0n) is 15.4. The van der Waals surface area contributed by atoms with E-state index in [1.54, 1.807) is 23.0 Å². The Morgan fingerprint density at radius 1 is 1.29 bits per heavy atom. The molecule has 0 amide bonds. The van der Waals surface area contributed by atoms with Crippen LogP contribution in [0.2, 0.25) is 0 Å². The summed E-state index contributed by atoms with van der Waals surface area (Å²) < 4.78 is 26.9. The van der Waals surface area contributed by atoms with Crippen LogP contribution in [-0.4, -0.2) is 31.3 Å². The van der Waals surface area contributed by atoms with Crippen molar-refractivity contribution in [3.63, 3.8) is 0 Å². The lowest BCUT2D eigenvalue weighted by molar-refractivity contribution is 0.356. The summed E-state index contributed by atoms with van der Waals surface area (Å²) >= 11 is 0. The Morgan fingerprint density at radius 3 is 3.00 bits per heavy atom. The Kier molecular flexibility index (Phi) is 3.75. The molecule has 1 aliphatic rings. The molecular formula is C19H17FN6O2. The molecule has 28 heavy (non-hydrogen) atoms. The van der Waals surface area contributed by atoms with Crippen molar-refractivity contribution in [3.8, 4) is 16.9 Å². The van der Waals surface area contributed by atoms with Gasteiger partial charge >= 0.3 is 0 Å². The van der Waals surface area contributed by atoms with Crippen LogP contribution in [-0.2, 0) is 13.0 Å². The van der Waals surface area contributed by atoms with Gasteiger partial charge in [0.1, 0.15) is 23.7 Å². The van der Waals surface area contributed by atoms with Gasteiger partial charge in [0.2, 0.25) is 5.95 Å². The van der Waals surface area contributed by atoms with Gasteiger partial charge in [-0.1, -0.05) is 5.16 Å². The first-order valence-electron chi connectivity index (χ1n) is 8.92. The highest BCUT2D eigenvalue weighted by atomic mass is 19.1. The molecule has 5 rings (SSSR count). The zero-order valence-corrected chi connectivity index (χ0v) is 15.4. The highest BCUT2D eigenvalue weighted by molar-refractivity contribution is 5.80. The van der Waals surface area contributed by atoms with Gasteiger partial charge in [-0.05, 0) is 26.0 Å². The topological polar surface area (TPSA) is 90.4 Å². The van der Waals surface area contributed by atoms with Crippen LogP contribution in [0, 0.1) is 19.7 Å². The molecule has 0 aliphatic carbocycles. The summed E-state index contributed by atoms with van der Waals surface area (Å²) in [7, 11) is 0. The summed E-state index contributed by atoms with van der Waals surface area (Å²) in [5, 5.41) is 15.4.